The van der Waals surface area contributed by atoms with Gasteiger partial charge < -0.3 is 5.11 Å². The van der Waals surface area contributed by atoms with Crippen LogP contribution in [0.25, 0.3) is 0 Å². The first-order valence-corrected chi connectivity index (χ1v) is 9.68. The van der Waals surface area contributed by atoms with Gasteiger partial charge >= 0.3 is 12.0 Å². The van der Waals surface area contributed by atoms with Crippen LogP contribution >= 0.6 is 0 Å². The molecule has 4 N–H and O–H groups in total. The molecule has 3 unspecified atom stereocenters. The number of nitrogens with two attached hydrogens (primary N) is 1. The summed E-state index contributed by atoms with van der Waals surface area (Å²) in [5.41, 5.74) is 8.59. The van der Waals surface area contributed by atoms with Gasteiger partial charge in [0.2, 0.25) is 0 Å². The quantitative estimate of drug-likeness (QED) is 0.652. The molecule has 3 atom stereocenters. The predicted molar refractivity (Wildman–Crippen MR) is 102 cm³/mol. The monoisotopic (exact) mass is 360 g/mol. The van der Waals surface area contributed by atoms with Gasteiger partial charge in [-0.1, -0.05) is 31.9 Å². The van der Waals surface area contributed by atoms with Crippen LogP contribution < -0.4 is 15.5 Å². The number of urea groups is 1. The first kappa shape index (κ1) is 18.9. The second-order valence-corrected chi connectivity index (χ2v) is 7.78. The molecule has 1 saturated heterocycles. The summed E-state index contributed by atoms with van der Waals surface area (Å²) in [7, 11) is 0. The fourth-order valence-corrected chi connectivity index (χ4v) is 4.63. The van der Waals surface area contributed by atoms with Crippen LogP contribution in [0.1, 0.15) is 44.6 Å². The summed E-state index contributed by atoms with van der Waals surface area (Å²) in [6, 6.07) is 7.72. The highest BCUT2D eigenvalue weighted by Crippen LogP contribution is 2.38. The highest BCUT2D eigenvalue weighted by Gasteiger charge is 2.51. The van der Waals surface area contributed by atoms with Crippen LogP contribution in [0.4, 0.5) is 10.5 Å². The number of nitrogens with one attached hydrogen (secondary N) is 1. The van der Waals surface area contributed by atoms with E-state index in [9.17, 15) is 9.59 Å². The SMILES string of the molecule is CC(C1CCCC1)C(N)[N+]1(c2ccc(CCC(=O)O)cc2)CCNC1=O. The third-order valence-electron chi connectivity index (χ3n) is 6.32. The van der Waals surface area contributed by atoms with Crippen LogP contribution in [0.2, 0.25) is 0 Å². The van der Waals surface area contributed by atoms with Crippen molar-refractivity contribution in [3.8, 4) is 0 Å². The number of aliphatic carboxylic acids is 1. The molecule has 0 radical (unpaired) electrons. The smallest absolute Gasteiger partial charge is 0.423 e. The van der Waals surface area contributed by atoms with Crippen LogP contribution in [0.5, 0.6) is 0 Å². The average molecular weight is 360 g/mol. The Morgan fingerprint density at radius 1 is 1.31 bits per heavy atom. The number of carboxylic acid groups (broad SMARTS) is 1. The Balaban J connectivity index is 1.85. The standard InChI is InChI=1S/C20H29N3O3/c1-14(16-4-2-3-5-16)19(21)23(13-12-22-20(23)26)17-9-6-15(7-10-17)8-11-18(24)25/h6-7,9-10,14,16,19H,2-5,8,11-13,21H2,1H3,(H-,22,24,25,26)/p+1. The molecule has 2 fully saturated rings. The van der Waals surface area contributed by atoms with E-state index in [0.29, 0.717) is 25.4 Å². The van der Waals surface area contributed by atoms with Crippen molar-refractivity contribution in [3.63, 3.8) is 0 Å². The van der Waals surface area contributed by atoms with Gasteiger partial charge in [-0.05, 0) is 30.7 Å². The zero-order chi connectivity index (χ0) is 18.7. The third-order valence-corrected chi connectivity index (χ3v) is 6.32. The van der Waals surface area contributed by atoms with E-state index < -0.39 is 5.97 Å². The van der Waals surface area contributed by atoms with Gasteiger partial charge in [-0.25, -0.2) is 4.79 Å². The Labute approximate surface area is 155 Å². The van der Waals surface area contributed by atoms with E-state index in [1.807, 2.05) is 24.3 Å². The Hall–Kier alpha value is -1.92. The van der Waals surface area contributed by atoms with E-state index >= 15 is 0 Å². The van der Waals surface area contributed by atoms with Crippen LogP contribution in [0, 0.1) is 11.8 Å². The van der Waals surface area contributed by atoms with E-state index in [1.165, 1.54) is 25.7 Å². The zero-order valence-corrected chi connectivity index (χ0v) is 15.5. The minimum absolute atomic E-state index is 0.0272. The number of rotatable bonds is 7. The lowest BCUT2D eigenvalue weighted by molar-refractivity contribution is -0.136. The van der Waals surface area contributed by atoms with Gasteiger partial charge in [-0.2, -0.15) is 4.48 Å². The van der Waals surface area contributed by atoms with Crippen LogP contribution in [-0.4, -0.2) is 36.4 Å². The molecule has 1 aliphatic heterocycles. The molecule has 2 aliphatic rings. The molecule has 1 aliphatic carbocycles. The number of carboxylic acids is 1. The minimum atomic E-state index is -0.802. The number of nitrogens with zero attached hydrogens (tertiary/aromatic N) is 1. The van der Waals surface area contributed by atoms with Gasteiger partial charge in [0.15, 0.2) is 6.17 Å². The lowest BCUT2D eigenvalue weighted by atomic mass is 9.88. The van der Waals surface area contributed by atoms with Gasteiger partial charge in [-0.15, -0.1) is 0 Å². The van der Waals surface area contributed by atoms with Crippen molar-refractivity contribution >= 4 is 17.7 Å². The van der Waals surface area contributed by atoms with Gasteiger partial charge in [0.1, 0.15) is 12.2 Å². The number of benzene rings is 1. The van der Waals surface area contributed by atoms with E-state index in [-0.39, 0.29) is 29.0 Å². The Morgan fingerprint density at radius 2 is 1.96 bits per heavy atom. The van der Waals surface area contributed by atoms with Gasteiger partial charge in [-0.3, -0.25) is 15.8 Å². The summed E-state index contributed by atoms with van der Waals surface area (Å²) in [5, 5.41) is 11.8. The lowest BCUT2D eigenvalue weighted by Gasteiger charge is -2.39. The summed E-state index contributed by atoms with van der Waals surface area (Å²) in [5.74, 6) is 0.0557. The largest absolute Gasteiger partial charge is 0.481 e. The Bertz CT molecular complexity index is 655. The summed E-state index contributed by atoms with van der Waals surface area (Å²) < 4.78 is 0.150. The molecule has 1 heterocycles. The van der Waals surface area contributed by atoms with Crippen LogP contribution in [0.15, 0.2) is 24.3 Å². The van der Waals surface area contributed by atoms with Crippen molar-refractivity contribution < 1.29 is 14.7 Å². The molecule has 6 heteroatoms. The van der Waals surface area contributed by atoms with Crippen molar-refractivity contribution in [3.05, 3.63) is 29.8 Å². The molecular formula is C20H30N3O3+. The topological polar surface area (TPSA) is 92.4 Å². The van der Waals surface area contributed by atoms with E-state index in [2.05, 4.69) is 12.2 Å². The molecule has 1 saturated carbocycles. The number of carbonyl (C=O) groups excluding carboxylic acids is 1. The van der Waals surface area contributed by atoms with E-state index in [0.717, 1.165) is 11.3 Å². The predicted octanol–water partition coefficient (Wildman–Crippen LogP) is 2.85. The molecule has 1 aromatic rings. The number of hydrogen-bond acceptors (Lipinski definition) is 3. The van der Waals surface area contributed by atoms with Crippen molar-refractivity contribution in [2.24, 2.45) is 17.6 Å². The van der Waals surface area contributed by atoms with E-state index in [4.69, 9.17) is 10.8 Å². The van der Waals surface area contributed by atoms with E-state index in [1.54, 1.807) is 0 Å². The maximum Gasteiger partial charge on any atom is 0.423 e. The fourth-order valence-electron chi connectivity index (χ4n) is 4.63. The number of amides is 2. The number of carbonyl (C=O) groups is 2. The normalized spacial score (nSPS) is 25.8. The maximum absolute atomic E-state index is 12.9. The average Bonchev–Trinajstić information content (AvgIpc) is 3.29. The molecule has 142 valence electrons. The number of aryl methyl sites for hydroxylation is 1. The third kappa shape index (κ3) is 3.48. The van der Waals surface area contributed by atoms with Crippen molar-refractivity contribution in [1.29, 1.82) is 0 Å². The first-order valence-electron chi connectivity index (χ1n) is 9.68. The summed E-state index contributed by atoms with van der Waals surface area (Å²) in [6.45, 7) is 3.48. The summed E-state index contributed by atoms with van der Waals surface area (Å²) in [6.07, 6.45) is 5.24. The second kappa shape index (κ2) is 7.76. The summed E-state index contributed by atoms with van der Waals surface area (Å²) in [4.78, 5) is 23.6. The highest BCUT2D eigenvalue weighted by atomic mass is 16.4. The molecular weight excluding hydrogens is 330 g/mol. The molecule has 3 rings (SSSR count). The maximum atomic E-state index is 12.9. The van der Waals surface area contributed by atoms with Gasteiger partial charge in [0.05, 0.1) is 6.54 Å². The Kier molecular flexibility index (Phi) is 5.63. The highest BCUT2D eigenvalue weighted by molar-refractivity contribution is 5.89. The molecule has 2 amide bonds. The van der Waals surface area contributed by atoms with Crippen molar-refractivity contribution in [1.82, 2.24) is 9.80 Å². The van der Waals surface area contributed by atoms with Crippen LogP contribution in [0.3, 0.4) is 0 Å². The molecule has 0 spiro atoms. The number of hydrogen-bond donors (Lipinski definition) is 3. The molecule has 6 nitrogen and oxygen atoms in total. The number of quaternary nitrogens is 1. The van der Waals surface area contributed by atoms with Crippen molar-refractivity contribution in [2.75, 3.05) is 13.1 Å². The van der Waals surface area contributed by atoms with Crippen LogP contribution in [-0.2, 0) is 11.2 Å². The lowest BCUT2D eigenvalue weighted by Crippen LogP contribution is -2.65. The zero-order valence-electron chi connectivity index (χ0n) is 15.5. The van der Waals surface area contributed by atoms with Crippen molar-refractivity contribution in [2.45, 2.75) is 51.6 Å². The minimum Gasteiger partial charge on any atom is -0.481 e. The Morgan fingerprint density at radius 3 is 2.50 bits per heavy atom. The summed E-state index contributed by atoms with van der Waals surface area (Å²) >= 11 is 0. The fraction of sp³-hybridized carbons (Fsp3) is 0.600. The molecule has 1 aromatic carbocycles. The van der Waals surface area contributed by atoms with Gasteiger partial charge in [0.25, 0.3) is 0 Å². The first-order chi connectivity index (χ1) is 12.4. The second-order valence-electron chi connectivity index (χ2n) is 7.78. The molecule has 0 bridgehead atoms. The molecule has 0 aromatic heterocycles. The molecule has 26 heavy (non-hydrogen) atoms. The van der Waals surface area contributed by atoms with Gasteiger partial charge in [0, 0.05) is 24.5 Å².